The van der Waals surface area contributed by atoms with Crippen LogP contribution in [0.1, 0.15) is 59.8 Å². The lowest BCUT2D eigenvalue weighted by Crippen LogP contribution is -2.35. The Morgan fingerprint density at radius 3 is 2.47 bits per heavy atom. The largest absolute Gasteiger partial charge is 0.301 e. The molecule has 1 nitrogen and oxygen atoms in total. The molecule has 2 heteroatoms. The van der Waals surface area contributed by atoms with E-state index in [-0.39, 0.29) is 0 Å². The van der Waals surface area contributed by atoms with Gasteiger partial charge >= 0.3 is 0 Å². The summed E-state index contributed by atoms with van der Waals surface area (Å²) >= 11 is 2.23. The molecule has 1 heterocycles. The first-order valence-corrected chi connectivity index (χ1v) is 8.43. The monoisotopic (exact) mass is 255 g/mol. The standard InChI is InChI=1S/C15H29NS/c1-10(2)14-12(4)16-15(17-14)13-7-5-6-11(3)8-9-13/h10-16H,5-9H2,1-4H3. The topological polar surface area (TPSA) is 12.0 Å². The average Bonchev–Trinajstić information content (AvgIpc) is 2.52. The van der Waals surface area contributed by atoms with Gasteiger partial charge in [0.1, 0.15) is 0 Å². The van der Waals surface area contributed by atoms with Crippen LogP contribution in [0.5, 0.6) is 0 Å². The number of nitrogens with one attached hydrogen (secondary N) is 1. The van der Waals surface area contributed by atoms with Crippen molar-refractivity contribution in [3.8, 4) is 0 Å². The molecular weight excluding hydrogens is 226 g/mol. The molecule has 1 saturated carbocycles. The maximum absolute atomic E-state index is 3.86. The van der Waals surface area contributed by atoms with Gasteiger partial charge < -0.3 is 5.32 Å². The van der Waals surface area contributed by atoms with Crippen LogP contribution in [0.25, 0.3) is 0 Å². The minimum Gasteiger partial charge on any atom is -0.301 e. The van der Waals surface area contributed by atoms with Crippen LogP contribution in [0, 0.1) is 17.8 Å². The lowest BCUT2D eigenvalue weighted by atomic mass is 9.98. The Kier molecular flexibility index (Phi) is 4.82. The third-order valence-electron chi connectivity index (χ3n) is 4.61. The second-order valence-electron chi connectivity index (χ2n) is 6.59. The number of rotatable bonds is 2. The highest BCUT2D eigenvalue weighted by Crippen LogP contribution is 2.40. The van der Waals surface area contributed by atoms with E-state index in [0.29, 0.717) is 6.04 Å². The third-order valence-corrected chi connectivity index (χ3v) is 6.69. The molecule has 2 aliphatic rings. The quantitative estimate of drug-likeness (QED) is 0.739. The smallest absolute Gasteiger partial charge is 0.0566 e. The fourth-order valence-corrected chi connectivity index (χ4v) is 5.24. The van der Waals surface area contributed by atoms with E-state index in [9.17, 15) is 0 Å². The van der Waals surface area contributed by atoms with E-state index >= 15 is 0 Å². The Labute approximate surface area is 112 Å². The van der Waals surface area contributed by atoms with E-state index in [2.05, 4.69) is 44.8 Å². The predicted octanol–water partition coefficient (Wildman–Crippen LogP) is 4.28. The lowest BCUT2D eigenvalue weighted by Gasteiger charge is -2.22. The molecular formula is C15H29NS. The van der Waals surface area contributed by atoms with Crippen molar-refractivity contribution < 1.29 is 0 Å². The maximum Gasteiger partial charge on any atom is 0.0566 e. The zero-order valence-corrected chi connectivity index (χ0v) is 12.7. The SMILES string of the molecule is CC1CCCC(C2NC(C)C(C(C)C)S2)CC1. The average molecular weight is 255 g/mol. The molecule has 2 fully saturated rings. The van der Waals surface area contributed by atoms with Crippen LogP contribution in [0.15, 0.2) is 0 Å². The highest BCUT2D eigenvalue weighted by molar-refractivity contribution is 8.00. The predicted molar refractivity (Wildman–Crippen MR) is 78.3 cm³/mol. The summed E-state index contributed by atoms with van der Waals surface area (Å²) in [7, 11) is 0. The Hall–Kier alpha value is 0.310. The summed E-state index contributed by atoms with van der Waals surface area (Å²) in [6.45, 7) is 9.54. The fraction of sp³-hybridized carbons (Fsp3) is 1.00. The summed E-state index contributed by atoms with van der Waals surface area (Å²) in [5.41, 5.74) is 0. The number of hydrogen-bond acceptors (Lipinski definition) is 2. The van der Waals surface area contributed by atoms with Crippen LogP contribution in [0.4, 0.5) is 0 Å². The molecule has 0 spiro atoms. The Bertz CT molecular complexity index is 241. The van der Waals surface area contributed by atoms with Gasteiger partial charge in [0.2, 0.25) is 0 Å². The van der Waals surface area contributed by atoms with E-state index in [0.717, 1.165) is 28.4 Å². The molecule has 1 saturated heterocycles. The van der Waals surface area contributed by atoms with Gasteiger partial charge in [-0.25, -0.2) is 0 Å². The molecule has 5 atom stereocenters. The molecule has 2 rings (SSSR count). The molecule has 17 heavy (non-hydrogen) atoms. The highest BCUT2D eigenvalue weighted by atomic mass is 32.2. The summed E-state index contributed by atoms with van der Waals surface area (Å²) in [5.74, 6) is 2.69. The fourth-order valence-electron chi connectivity index (χ4n) is 3.48. The van der Waals surface area contributed by atoms with Crippen molar-refractivity contribution in [2.45, 2.75) is 76.5 Å². The van der Waals surface area contributed by atoms with E-state index in [1.54, 1.807) is 0 Å². The van der Waals surface area contributed by atoms with Crippen molar-refractivity contribution >= 4 is 11.8 Å². The molecule has 1 aliphatic heterocycles. The second kappa shape index (κ2) is 5.97. The summed E-state index contributed by atoms with van der Waals surface area (Å²) in [6, 6.07) is 0.700. The zero-order chi connectivity index (χ0) is 12.4. The Balaban J connectivity index is 1.90. The molecule has 1 aliphatic carbocycles. The first-order valence-electron chi connectivity index (χ1n) is 7.49. The lowest BCUT2D eigenvalue weighted by molar-refractivity contribution is 0.375. The van der Waals surface area contributed by atoms with E-state index in [1.807, 2.05) is 0 Å². The molecule has 0 amide bonds. The van der Waals surface area contributed by atoms with Gasteiger partial charge in [0.25, 0.3) is 0 Å². The molecule has 5 unspecified atom stereocenters. The van der Waals surface area contributed by atoms with Crippen LogP contribution >= 0.6 is 11.8 Å². The molecule has 1 N–H and O–H groups in total. The highest BCUT2D eigenvalue weighted by Gasteiger charge is 2.37. The van der Waals surface area contributed by atoms with Crippen molar-refractivity contribution in [2.75, 3.05) is 0 Å². The van der Waals surface area contributed by atoms with Gasteiger partial charge in [-0.3, -0.25) is 0 Å². The van der Waals surface area contributed by atoms with Crippen molar-refractivity contribution in [3.05, 3.63) is 0 Å². The summed E-state index contributed by atoms with van der Waals surface area (Å²) in [4.78, 5) is 0. The van der Waals surface area contributed by atoms with Crippen LogP contribution in [0.3, 0.4) is 0 Å². The van der Waals surface area contributed by atoms with Gasteiger partial charge in [-0.05, 0) is 37.5 Å². The molecule has 0 aromatic rings. The van der Waals surface area contributed by atoms with E-state index < -0.39 is 0 Å². The van der Waals surface area contributed by atoms with Crippen molar-refractivity contribution in [1.82, 2.24) is 5.32 Å². The van der Waals surface area contributed by atoms with Crippen molar-refractivity contribution in [1.29, 1.82) is 0 Å². The summed E-state index contributed by atoms with van der Waals surface area (Å²) in [6.07, 6.45) is 7.25. The molecule has 100 valence electrons. The van der Waals surface area contributed by atoms with Crippen molar-refractivity contribution in [2.24, 2.45) is 17.8 Å². The van der Waals surface area contributed by atoms with Gasteiger partial charge in [-0.1, -0.05) is 40.0 Å². The van der Waals surface area contributed by atoms with Gasteiger partial charge in [0.05, 0.1) is 5.37 Å². The first-order chi connectivity index (χ1) is 8.08. The number of hydrogen-bond donors (Lipinski definition) is 1. The van der Waals surface area contributed by atoms with Gasteiger partial charge in [-0.15, -0.1) is 11.8 Å². The Morgan fingerprint density at radius 2 is 1.82 bits per heavy atom. The Morgan fingerprint density at radius 1 is 1.06 bits per heavy atom. The summed E-state index contributed by atoms with van der Waals surface area (Å²) in [5, 5.41) is 5.42. The third kappa shape index (κ3) is 3.41. The number of thioether (sulfide) groups is 1. The molecule has 0 radical (unpaired) electrons. The second-order valence-corrected chi connectivity index (χ2v) is 7.92. The normalized spacial score (nSPS) is 43.9. The van der Waals surface area contributed by atoms with Crippen LogP contribution in [0.2, 0.25) is 0 Å². The van der Waals surface area contributed by atoms with Crippen LogP contribution in [-0.2, 0) is 0 Å². The van der Waals surface area contributed by atoms with Crippen LogP contribution in [-0.4, -0.2) is 16.7 Å². The van der Waals surface area contributed by atoms with E-state index in [4.69, 9.17) is 0 Å². The van der Waals surface area contributed by atoms with Crippen LogP contribution < -0.4 is 5.32 Å². The first kappa shape index (κ1) is 13.7. The summed E-state index contributed by atoms with van der Waals surface area (Å²) < 4.78 is 0. The maximum atomic E-state index is 3.86. The van der Waals surface area contributed by atoms with Gasteiger partial charge in [0.15, 0.2) is 0 Å². The van der Waals surface area contributed by atoms with E-state index in [1.165, 1.54) is 32.1 Å². The van der Waals surface area contributed by atoms with Crippen molar-refractivity contribution in [3.63, 3.8) is 0 Å². The molecule has 0 aromatic heterocycles. The molecule has 0 aromatic carbocycles. The zero-order valence-electron chi connectivity index (χ0n) is 11.9. The van der Waals surface area contributed by atoms with Gasteiger partial charge in [0, 0.05) is 11.3 Å². The minimum atomic E-state index is 0.700. The van der Waals surface area contributed by atoms with Gasteiger partial charge in [-0.2, -0.15) is 0 Å². The molecule has 0 bridgehead atoms. The minimum absolute atomic E-state index is 0.700.